The zero-order valence-electron chi connectivity index (χ0n) is 12.6. The van der Waals surface area contributed by atoms with Gasteiger partial charge in [0.15, 0.2) is 0 Å². The summed E-state index contributed by atoms with van der Waals surface area (Å²) in [6.45, 7) is 4.20. The van der Waals surface area contributed by atoms with Crippen LogP contribution in [0.4, 0.5) is 8.78 Å². The first-order valence-corrected chi connectivity index (χ1v) is 7.36. The number of aromatic nitrogens is 1. The molecule has 0 unspecified atom stereocenters. The van der Waals surface area contributed by atoms with Crippen LogP contribution in [-0.2, 0) is 4.79 Å². The van der Waals surface area contributed by atoms with Crippen LogP contribution in [0.3, 0.4) is 0 Å². The van der Waals surface area contributed by atoms with E-state index in [1.54, 1.807) is 17.3 Å². The highest BCUT2D eigenvalue weighted by molar-refractivity contribution is 5.87. The molecule has 0 radical (unpaired) electrons. The minimum Gasteiger partial charge on any atom is -0.332 e. The Bertz CT molecular complexity index is 584. The molecule has 0 aromatic carbocycles. The summed E-state index contributed by atoms with van der Waals surface area (Å²) in [7, 11) is 0. The van der Waals surface area contributed by atoms with Gasteiger partial charge in [-0.3, -0.25) is 9.78 Å². The number of halogens is 2. The van der Waals surface area contributed by atoms with Gasteiger partial charge in [0.25, 0.3) is 5.92 Å². The first kappa shape index (κ1) is 14.4. The van der Waals surface area contributed by atoms with Crippen LogP contribution in [0.15, 0.2) is 18.5 Å². The lowest BCUT2D eigenvalue weighted by Gasteiger charge is -2.31. The predicted molar refractivity (Wildman–Crippen MR) is 74.9 cm³/mol. The fourth-order valence-corrected chi connectivity index (χ4v) is 3.69. The van der Waals surface area contributed by atoms with Gasteiger partial charge < -0.3 is 4.90 Å². The van der Waals surface area contributed by atoms with Crippen LogP contribution >= 0.6 is 0 Å². The van der Waals surface area contributed by atoms with Crippen molar-refractivity contribution in [1.29, 1.82) is 0 Å². The molecule has 0 aliphatic carbocycles. The molecule has 0 spiro atoms. The molecule has 21 heavy (non-hydrogen) atoms. The van der Waals surface area contributed by atoms with Crippen molar-refractivity contribution in [2.45, 2.75) is 58.0 Å². The number of hydrogen-bond donors (Lipinski definition) is 0. The van der Waals surface area contributed by atoms with Crippen molar-refractivity contribution in [2.24, 2.45) is 5.41 Å². The molecule has 5 heteroatoms. The molecule has 2 saturated heterocycles. The number of fused-ring (bicyclic) bond motifs is 1. The Morgan fingerprint density at radius 2 is 2.10 bits per heavy atom. The van der Waals surface area contributed by atoms with Crippen LogP contribution in [0.5, 0.6) is 0 Å². The minimum absolute atomic E-state index is 0.0705. The van der Waals surface area contributed by atoms with Crippen molar-refractivity contribution in [2.75, 3.05) is 0 Å². The summed E-state index contributed by atoms with van der Waals surface area (Å²) in [4.78, 5) is 18.5. The summed E-state index contributed by atoms with van der Waals surface area (Å²) in [5.74, 6) is -3.41. The van der Waals surface area contributed by atoms with Gasteiger partial charge in [-0.15, -0.1) is 0 Å². The molecule has 0 bridgehead atoms. The summed E-state index contributed by atoms with van der Waals surface area (Å²) in [6.07, 6.45) is 5.35. The van der Waals surface area contributed by atoms with Gasteiger partial charge in [-0.25, -0.2) is 8.78 Å². The second kappa shape index (κ2) is 4.49. The van der Waals surface area contributed by atoms with Crippen LogP contribution in [-0.4, -0.2) is 27.8 Å². The average molecular weight is 294 g/mol. The maximum atomic E-state index is 13.9. The van der Waals surface area contributed by atoms with Gasteiger partial charge in [0, 0.05) is 25.4 Å². The molecule has 114 valence electrons. The maximum Gasteiger partial charge on any atom is 0.259 e. The topological polar surface area (TPSA) is 33.2 Å². The maximum absolute atomic E-state index is 13.9. The summed E-state index contributed by atoms with van der Waals surface area (Å²) < 4.78 is 27.8. The molecule has 1 aromatic rings. The Hall–Kier alpha value is -1.52. The lowest BCUT2D eigenvalue weighted by Crippen LogP contribution is -2.44. The molecule has 2 fully saturated rings. The minimum atomic E-state index is -3.00. The van der Waals surface area contributed by atoms with Crippen molar-refractivity contribution >= 4 is 5.91 Å². The molecule has 3 heterocycles. The van der Waals surface area contributed by atoms with E-state index in [2.05, 4.69) is 4.98 Å². The van der Waals surface area contributed by atoms with Gasteiger partial charge in [-0.05, 0) is 44.2 Å². The highest BCUT2D eigenvalue weighted by Crippen LogP contribution is 2.54. The molecule has 3 nitrogen and oxygen atoms in total. The van der Waals surface area contributed by atoms with Crippen LogP contribution in [0, 0.1) is 12.3 Å². The molecule has 1 amide bonds. The van der Waals surface area contributed by atoms with Gasteiger partial charge in [0.1, 0.15) is 5.41 Å². The van der Waals surface area contributed by atoms with Crippen molar-refractivity contribution in [3.8, 4) is 0 Å². The third-order valence-corrected chi connectivity index (χ3v) is 5.10. The van der Waals surface area contributed by atoms with Gasteiger partial charge in [-0.1, -0.05) is 6.07 Å². The number of hydrogen-bond acceptors (Lipinski definition) is 2. The van der Waals surface area contributed by atoms with E-state index in [4.69, 9.17) is 0 Å². The summed E-state index contributed by atoms with van der Waals surface area (Å²) in [6, 6.07) is 1.81. The lowest BCUT2D eigenvalue weighted by molar-refractivity contribution is -0.156. The summed E-state index contributed by atoms with van der Waals surface area (Å²) in [5, 5.41) is 0. The van der Waals surface area contributed by atoms with E-state index in [9.17, 15) is 13.6 Å². The van der Waals surface area contributed by atoms with Crippen LogP contribution < -0.4 is 0 Å². The Kier molecular flexibility index (Phi) is 3.08. The fourth-order valence-electron chi connectivity index (χ4n) is 3.69. The second-order valence-electron chi connectivity index (χ2n) is 6.68. The SMILES string of the molecule is Cc1cncc([C@H]2CC[C@H]3C[C@](C)(C(C)(F)F)C(=O)N32)c1. The molecular weight excluding hydrogens is 274 g/mol. The molecule has 0 N–H and O–H groups in total. The molecule has 3 atom stereocenters. The normalized spacial score (nSPS) is 32.6. The molecule has 2 aliphatic rings. The highest BCUT2D eigenvalue weighted by Gasteiger charge is 2.62. The van der Waals surface area contributed by atoms with Crippen LogP contribution in [0.2, 0.25) is 0 Å². The standard InChI is InChI=1S/C16H20F2N2O/c1-10-6-11(9-19-8-10)13-5-4-12-7-15(2,16(3,17)18)14(21)20(12)13/h6,8-9,12-13H,4-5,7H2,1-3H3/t12-,13+,15-/m0/s1. The van der Waals surface area contributed by atoms with Crippen molar-refractivity contribution in [3.63, 3.8) is 0 Å². The van der Waals surface area contributed by atoms with Gasteiger partial charge >= 0.3 is 0 Å². The number of carbonyl (C=O) groups is 1. The molecule has 1 aromatic heterocycles. The quantitative estimate of drug-likeness (QED) is 0.836. The van der Waals surface area contributed by atoms with E-state index in [0.717, 1.165) is 30.9 Å². The van der Waals surface area contributed by atoms with E-state index in [-0.39, 0.29) is 18.5 Å². The summed E-state index contributed by atoms with van der Waals surface area (Å²) in [5.41, 5.74) is 0.397. The second-order valence-corrected chi connectivity index (χ2v) is 6.68. The number of amides is 1. The Balaban J connectivity index is 1.95. The Morgan fingerprint density at radius 3 is 2.71 bits per heavy atom. The highest BCUT2D eigenvalue weighted by atomic mass is 19.3. The van der Waals surface area contributed by atoms with Crippen molar-refractivity contribution in [1.82, 2.24) is 9.88 Å². The smallest absolute Gasteiger partial charge is 0.259 e. The first-order valence-electron chi connectivity index (χ1n) is 7.36. The third-order valence-electron chi connectivity index (χ3n) is 5.10. The number of carbonyl (C=O) groups excluding carboxylic acids is 1. The summed E-state index contributed by atoms with van der Waals surface area (Å²) >= 11 is 0. The van der Waals surface area contributed by atoms with Gasteiger partial charge in [-0.2, -0.15) is 0 Å². The Morgan fingerprint density at radius 1 is 1.38 bits per heavy atom. The van der Waals surface area contributed by atoms with E-state index < -0.39 is 17.2 Å². The molecular formula is C16H20F2N2O. The first-order chi connectivity index (χ1) is 9.74. The Labute approximate surface area is 123 Å². The number of alkyl halides is 2. The van der Waals surface area contributed by atoms with Gasteiger partial charge in [0.05, 0.1) is 6.04 Å². The molecule has 0 saturated carbocycles. The number of nitrogens with zero attached hydrogens (tertiary/aromatic N) is 2. The zero-order chi connectivity index (χ0) is 15.4. The monoisotopic (exact) mass is 294 g/mol. The van der Waals surface area contributed by atoms with E-state index in [0.29, 0.717) is 0 Å². The lowest BCUT2D eigenvalue weighted by atomic mass is 9.80. The zero-order valence-corrected chi connectivity index (χ0v) is 12.6. The van der Waals surface area contributed by atoms with Gasteiger partial charge in [0.2, 0.25) is 5.91 Å². The van der Waals surface area contributed by atoms with E-state index >= 15 is 0 Å². The van der Waals surface area contributed by atoms with Crippen molar-refractivity contribution in [3.05, 3.63) is 29.6 Å². The van der Waals surface area contributed by atoms with Crippen LogP contribution in [0.1, 0.15) is 50.3 Å². The molecule has 3 rings (SSSR count). The number of rotatable bonds is 2. The van der Waals surface area contributed by atoms with Crippen LogP contribution in [0.25, 0.3) is 0 Å². The molecule has 2 aliphatic heterocycles. The fraction of sp³-hybridized carbons (Fsp3) is 0.625. The predicted octanol–water partition coefficient (Wildman–Crippen LogP) is 3.49. The van der Waals surface area contributed by atoms with Crippen molar-refractivity contribution < 1.29 is 13.6 Å². The van der Waals surface area contributed by atoms with E-state index in [1.807, 2.05) is 13.0 Å². The average Bonchev–Trinajstić information content (AvgIpc) is 2.89. The number of aryl methyl sites for hydroxylation is 1. The third kappa shape index (κ3) is 2.05. The van der Waals surface area contributed by atoms with E-state index in [1.165, 1.54) is 6.92 Å². The largest absolute Gasteiger partial charge is 0.332 e. The number of pyridine rings is 1.